The van der Waals surface area contributed by atoms with Gasteiger partial charge in [0.15, 0.2) is 0 Å². The maximum atomic E-state index is 12.7. The highest BCUT2D eigenvalue weighted by Gasteiger charge is 2.24. The Bertz CT molecular complexity index is 917. The lowest BCUT2D eigenvalue weighted by atomic mass is 10.1. The first-order valence-electron chi connectivity index (χ1n) is 10.1. The molecule has 0 bridgehead atoms. The molecule has 0 spiro atoms. The highest BCUT2D eigenvalue weighted by atomic mass is 35.5. The van der Waals surface area contributed by atoms with Crippen LogP contribution in [0.2, 0.25) is 5.02 Å². The van der Waals surface area contributed by atoms with E-state index in [0.29, 0.717) is 34.1 Å². The summed E-state index contributed by atoms with van der Waals surface area (Å²) in [5.74, 6) is 0.153. The van der Waals surface area contributed by atoms with Crippen molar-refractivity contribution in [3.05, 3.63) is 22.7 Å². The SMILES string of the molecule is C[C@@H](CCCCNC(=O)OC(C)(C)C)n1c(N)nc2ccc(Cl)c(C(=O)N(C)C)c21. The Hall–Kier alpha value is -2.48. The van der Waals surface area contributed by atoms with Crippen molar-refractivity contribution in [2.45, 2.75) is 58.6 Å². The number of anilines is 1. The van der Waals surface area contributed by atoms with Gasteiger partial charge in [0.05, 0.1) is 21.6 Å². The zero-order valence-electron chi connectivity index (χ0n) is 18.6. The zero-order valence-corrected chi connectivity index (χ0v) is 19.3. The van der Waals surface area contributed by atoms with Gasteiger partial charge < -0.3 is 25.3 Å². The molecular formula is C21H32ClN5O3. The van der Waals surface area contributed by atoms with Crippen LogP contribution in [0.15, 0.2) is 12.1 Å². The smallest absolute Gasteiger partial charge is 0.407 e. The van der Waals surface area contributed by atoms with Crippen molar-refractivity contribution in [3.8, 4) is 0 Å². The number of nitrogen functional groups attached to an aromatic ring is 1. The lowest BCUT2D eigenvalue weighted by Crippen LogP contribution is -2.33. The van der Waals surface area contributed by atoms with Crippen molar-refractivity contribution >= 4 is 40.6 Å². The molecular weight excluding hydrogens is 406 g/mol. The van der Waals surface area contributed by atoms with Gasteiger partial charge in [-0.1, -0.05) is 11.6 Å². The fraction of sp³-hybridized carbons (Fsp3) is 0.571. The molecule has 1 atom stereocenters. The van der Waals surface area contributed by atoms with Crippen molar-refractivity contribution in [1.29, 1.82) is 0 Å². The zero-order chi connectivity index (χ0) is 22.6. The minimum Gasteiger partial charge on any atom is -0.444 e. The molecule has 9 heteroatoms. The number of alkyl carbamates (subject to hydrolysis) is 1. The van der Waals surface area contributed by atoms with Gasteiger partial charge >= 0.3 is 6.09 Å². The van der Waals surface area contributed by atoms with Crippen molar-refractivity contribution in [1.82, 2.24) is 19.8 Å². The summed E-state index contributed by atoms with van der Waals surface area (Å²) in [7, 11) is 3.37. The third-order valence-corrected chi connectivity index (χ3v) is 4.92. The van der Waals surface area contributed by atoms with E-state index in [2.05, 4.69) is 10.3 Å². The number of aromatic nitrogens is 2. The van der Waals surface area contributed by atoms with Crippen LogP contribution >= 0.6 is 11.6 Å². The molecule has 166 valence electrons. The number of fused-ring (bicyclic) bond motifs is 1. The topological polar surface area (TPSA) is 102 Å². The Morgan fingerprint density at radius 1 is 1.30 bits per heavy atom. The Kier molecular flexibility index (Phi) is 7.58. The van der Waals surface area contributed by atoms with E-state index in [0.717, 1.165) is 19.3 Å². The summed E-state index contributed by atoms with van der Waals surface area (Å²) in [6.07, 6.45) is 2.03. The highest BCUT2D eigenvalue weighted by molar-refractivity contribution is 6.35. The van der Waals surface area contributed by atoms with Crippen LogP contribution in [0.25, 0.3) is 11.0 Å². The quantitative estimate of drug-likeness (QED) is 0.631. The van der Waals surface area contributed by atoms with E-state index >= 15 is 0 Å². The number of amides is 2. The second-order valence-electron chi connectivity index (χ2n) is 8.60. The minimum atomic E-state index is -0.512. The maximum absolute atomic E-state index is 12.7. The summed E-state index contributed by atoms with van der Waals surface area (Å²) in [5.41, 5.74) is 7.37. The van der Waals surface area contributed by atoms with Gasteiger partial charge in [-0.15, -0.1) is 0 Å². The predicted octanol–water partition coefficient (Wildman–Crippen LogP) is 4.23. The number of benzene rings is 1. The number of nitrogens with two attached hydrogens (primary N) is 1. The molecule has 0 saturated heterocycles. The van der Waals surface area contributed by atoms with E-state index in [1.54, 1.807) is 26.2 Å². The monoisotopic (exact) mass is 437 g/mol. The summed E-state index contributed by atoms with van der Waals surface area (Å²) in [5, 5.41) is 3.13. The number of nitrogens with zero attached hydrogens (tertiary/aromatic N) is 3. The molecule has 2 amide bonds. The summed E-state index contributed by atoms with van der Waals surface area (Å²) >= 11 is 6.37. The van der Waals surface area contributed by atoms with Crippen LogP contribution in [0.4, 0.5) is 10.7 Å². The number of rotatable bonds is 7. The van der Waals surface area contributed by atoms with Crippen LogP contribution < -0.4 is 11.1 Å². The number of carbonyl (C=O) groups is 2. The van der Waals surface area contributed by atoms with Crippen LogP contribution in [-0.4, -0.2) is 52.7 Å². The van der Waals surface area contributed by atoms with Crippen LogP contribution in [0.1, 0.15) is 63.4 Å². The van der Waals surface area contributed by atoms with E-state index in [1.807, 2.05) is 32.3 Å². The van der Waals surface area contributed by atoms with Gasteiger partial charge in [-0.2, -0.15) is 0 Å². The normalized spacial score (nSPS) is 12.6. The average molecular weight is 438 g/mol. The summed E-state index contributed by atoms with van der Waals surface area (Å²) < 4.78 is 7.10. The number of ether oxygens (including phenoxy) is 1. The van der Waals surface area contributed by atoms with Crippen LogP contribution in [0.5, 0.6) is 0 Å². The van der Waals surface area contributed by atoms with E-state index < -0.39 is 11.7 Å². The molecule has 30 heavy (non-hydrogen) atoms. The first-order chi connectivity index (χ1) is 13.9. The first-order valence-corrected chi connectivity index (χ1v) is 10.4. The Morgan fingerprint density at radius 2 is 1.97 bits per heavy atom. The average Bonchev–Trinajstić information content (AvgIpc) is 2.95. The number of nitrogens with one attached hydrogen (secondary N) is 1. The number of carbonyl (C=O) groups excluding carboxylic acids is 2. The van der Waals surface area contributed by atoms with Gasteiger partial charge in [-0.3, -0.25) is 4.79 Å². The maximum Gasteiger partial charge on any atom is 0.407 e. The second kappa shape index (κ2) is 9.55. The molecule has 0 saturated carbocycles. The van der Waals surface area contributed by atoms with Crippen LogP contribution in [0, 0.1) is 0 Å². The van der Waals surface area contributed by atoms with Gasteiger partial charge in [-0.25, -0.2) is 9.78 Å². The third-order valence-electron chi connectivity index (χ3n) is 4.61. The van der Waals surface area contributed by atoms with E-state index in [1.165, 1.54) is 4.90 Å². The molecule has 0 unspecified atom stereocenters. The Balaban J connectivity index is 2.09. The molecule has 3 N–H and O–H groups in total. The van der Waals surface area contributed by atoms with Gasteiger partial charge in [0, 0.05) is 26.7 Å². The molecule has 2 rings (SSSR count). The largest absolute Gasteiger partial charge is 0.444 e. The first kappa shape index (κ1) is 23.8. The summed E-state index contributed by atoms with van der Waals surface area (Å²) in [6.45, 7) is 8.04. The van der Waals surface area contributed by atoms with E-state index in [9.17, 15) is 9.59 Å². The van der Waals surface area contributed by atoms with Crippen LogP contribution in [-0.2, 0) is 4.74 Å². The fourth-order valence-electron chi connectivity index (χ4n) is 3.25. The number of hydrogen-bond donors (Lipinski definition) is 2. The van der Waals surface area contributed by atoms with Crippen LogP contribution in [0.3, 0.4) is 0 Å². The number of halogens is 1. The number of hydrogen-bond acceptors (Lipinski definition) is 5. The molecule has 8 nitrogen and oxygen atoms in total. The Labute approximate surface area is 182 Å². The number of imidazole rings is 1. The van der Waals surface area contributed by atoms with Gasteiger partial charge in [0.25, 0.3) is 5.91 Å². The fourth-order valence-corrected chi connectivity index (χ4v) is 3.49. The number of unbranched alkanes of at least 4 members (excludes halogenated alkanes) is 1. The lowest BCUT2D eigenvalue weighted by Gasteiger charge is -2.20. The van der Waals surface area contributed by atoms with E-state index in [-0.39, 0.29) is 11.9 Å². The van der Waals surface area contributed by atoms with Crippen molar-refractivity contribution in [2.75, 3.05) is 26.4 Å². The predicted molar refractivity (Wildman–Crippen MR) is 120 cm³/mol. The summed E-state index contributed by atoms with van der Waals surface area (Å²) in [6, 6.07) is 3.45. The molecule has 0 radical (unpaired) electrons. The van der Waals surface area contributed by atoms with E-state index in [4.69, 9.17) is 22.1 Å². The second-order valence-corrected chi connectivity index (χ2v) is 9.01. The van der Waals surface area contributed by atoms with Gasteiger partial charge in [-0.05, 0) is 59.1 Å². The summed E-state index contributed by atoms with van der Waals surface area (Å²) in [4.78, 5) is 30.3. The molecule has 0 aliphatic carbocycles. The van der Waals surface area contributed by atoms with Crippen molar-refractivity contribution in [2.24, 2.45) is 0 Å². The molecule has 0 aliphatic rings. The van der Waals surface area contributed by atoms with Crippen molar-refractivity contribution < 1.29 is 14.3 Å². The standard InChI is InChI=1S/C21H32ClN5O3/c1-13(9-7-8-12-24-20(29)30-21(2,3)4)27-17-15(25-19(27)23)11-10-14(22)16(17)18(28)26(5)6/h10-11,13H,7-9,12H2,1-6H3,(H2,23,25)(H,24,29)/t13-/m0/s1. The molecule has 2 aromatic rings. The highest BCUT2D eigenvalue weighted by Crippen LogP contribution is 2.32. The minimum absolute atomic E-state index is 0.00343. The van der Waals surface area contributed by atoms with Crippen molar-refractivity contribution in [3.63, 3.8) is 0 Å². The molecule has 0 fully saturated rings. The molecule has 0 aliphatic heterocycles. The van der Waals surface area contributed by atoms with Gasteiger partial charge in [0.2, 0.25) is 5.95 Å². The van der Waals surface area contributed by atoms with Gasteiger partial charge in [0.1, 0.15) is 5.60 Å². The Morgan fingerprint density at radius 3 is 2.57 bits per heavy atom. The molecule has 1 aromatic carbocycles. The third kappa shape index (κ3) is 5.78. The molecule has 1 heterocycles. The molecule has 1 aromatic heterocycles. The lowest BCUT2D eigenvalue weighted by molar-refractivity contribution is 0.0526.